The van der Waals surface area contributed by atoms with Crippen molar-refractivity contribution in [2.24, 2.45) is 11.1 Å². The van der Waals surface area contributed by atoms with Crippen LogP contribution in [0.5, 0.6) is 0 Å². The summed E-state index contributed by atoms with van der Waals surface area (Å²) >= 11 is 0. The number of amides is 2. The number of rotatable bonds is 2. The van der Waals surface area contributed by atoms with Crippen LogP contribution in [0.2, 0.25) is 0 Å². The van der Waals surface area contributed by atoms with Gasteiger partial charge in [-0.3, -0.25) is 14.5 Å². The number of nitrogens with two attached hydrogens (primary N) is 1. The van der Waals surface area contributed by atoms with Crippen LogP contribution in [-0.2, 0) is 9.59 Å². The Labute approximate surface area is 131 Å². The van der Waals surface area contributed by atoms with Crippen LogP contribution in [-0.4, -0.2) is 24.2 Å². The van der Waals surface area contributed by atoms with Crippen molar-refractivity contribution >= 4 is 17.5 Å². The first-order valence-electron chi connectivity index (χ1n) is 6.44. The van der Waals surface area contributed by atoms with Crippen LogP contribution >= 0.6 is 0 Å². The van der Waals surface area contributed by atoms with Crippen molar-refractivity contribution in [1.82, 2.24) is 0 Å². The Balaban J connectivity index is 2.73. The van der Waals surface area contributed by atoms with E-state index in [0.29, 0.717) is 4.90 Å². The van der Waals surface area contributed by atoms with Crippen molar-refractivity contribution < 1.29 is 35.9 Å². The fraction of sp³-hybridized carbons (Fsp3) is 0.286. The number of carbonyl (C=O) groups is 2. The van der Waals surface area contributed by atoms with Crippen molar-refractivity contribution in [3.63, 3.8) is 0 Å². The third-order valence-electron chi connectivity index (χ3n) is 3.67. The second-order valence-electron chi connectivity index (χ2n) is 5.08. The van der Waals surface area contributed by atoms with E-state index in [0.717, 1.165) is 0 Å². The second-order valence-corrected chi connectivity index (χ2v) is 5.08. The second kappa shape index (κ2) is 5.53. The fourth-order valence-corrected chi connectivity index (χ4v) is 2.47. The summed E-state index contributed by atoms with van der Waals surface area (Å²) in [6.07, 6.45) is -13.6. The van der Waals surface area contributed by atoms with Crippen molar-refractivity contribution in [3.8, 4) is 0 Å². The van der Waals surface area contributed by atoms with Gasteiger partial charge in [-0.15, -0.1) is 0 Å². The van der Waals surface area contributed by atoms with E-state index in [2.05, 4.69) is 0 Å². The van der Waals surface area contributed by atoms with Gasteiger partial charge in [0.1, 0.15) is 0 Å². The highest BCUT2D eigenvalue weighted by Crippen LogP contribution is 2.58. The average Bonchev–Trinajstić information content (AvgIpc) is 2.45. The smallest absolute Gasteiger partial charge is 0.366 e. The number of alkyl halides is 6. The Kier molecular flexibility index (Phi) is 4.11. The minimum Gasteiger partial charge on any atom is -0.366 e. The summed E-state index contributed by atoms with van der Waals surface area (Å²) in [6.45, 7) is 0. The first kappa shape index (κ1) is 17.8. The third-order valence-corrected chi connectivity index (χ3v) is 3.67. The van der Waals surface area contributed by atoms with Gasteiger partial charge in [0.05, 0.1) is 12.0 Å². The van der Waals surface area contributed by atoms with Crippen LogP contribution in [0.3, 0.4) is 0 Å². The number of hydrogen-bond donors (Lipinski definition) is 1. The van der Waals surface area contributed by atoms with Gasteiger partial charge < -0.3 is 5.73 Å². The van der Waals surface area contributed by atoms with Gasteiger partial charge in [-0.1, -0.05) is 18.2 Å². The number of hydrogen-bond acceptors (Lipinski definition) is 2. The predicted octanol–water partition coefficient (Wildman–Crippen LogP) is 2.90. The summed E-state index contributed by atoms with van der Waals surface area (Å²) < 4.78 is 79.6. The maximum Gasteiger partial charge on any atom is 0.407 e. The van der Waals surface area contributed by atoms with E-state index in [1.54, 1.807) is 0 Å². The molecule has 24 heavy (non-hydrogen) atoms. The minimum absolute atomic E-state index is 0.0131. The number of para-hydroxylation sites is 1. The Bertz CT molecular complexity index is 679. The summed E-state index contributed by atoms with van der Waals surface area (Å²) in [5.41, 5.74) is -1.57. The number of benzene rings is 1. The summed E-state index contributed by atoms with van der Waals surface area (Å²) in [4.78, 5) is 23.9. The molecule has 4 nitrogen and oxygen atoms in total. The normalized spacial score (nSPS) is 18.3. The largest absolute Gasteiger partial charge is 0.407 e. The molecule has 1 aromatic carbocycles. The van der Waals surface area contributed by atoms with Crippen LogP contribution in [0, 0.1) is 5.41 Å². The highest BCUT2D eigenvalue weighted by Gasteiger charge is 2.75. The molecule has 0 unspecified atom stereocenters. The van der Waals surface area contributed by atoms with E-state index in [1.165, 1.54) is 30.3 Å². The maximum absolute atomic E-state index is 13.3. The first-order valence-corrected chi connectivity index (χ1v) is 6.44. The molecule has 0 saturated heterocycles. The van der Waals surface area contributed by atoms with Gasteiger partial charge in [-0.2, -0.15) is 26.3 Å². The summed E-state index contributed by atoms with van der Waals surface area (Å²) in [5.74, 6) is -3.36. The van der Waals surface area contributed by atoms with Gasteiger partial charge >= 0.3 is 12.4 Å². The molecule has 2 rings (SSSR count). The molecule has 0 saturated carbocycles. The topological polar surface area (TPSA) is 63.4 Å². The SMILES string of the molecule is NC(=O)C1=CN(c2ccccc2)C(=O)CC1(C(F)(F)F)C(F)(F)F. The predicted molar refractivity (Wildman–Crippen MR) is 70.4 cm³/mol. The summed E-state index contributed by atoms with van der Waals surface area (Å²) in [7, 11) is 0. The molecule has 130 valence electrons. The van der Waals surface area contributed by atoms with E-state index >= 15 is 0 Å². The lowest BCUT2D eigenvalue weighted by Crippen LogP contribution is -2.58. The molecule has 0 bridgehead atoms. The van der Waals surface area contributed by atoms with Crippen molar-refractivity contribution in [3.05, 3.63) is 42.1 Å². The molecule has 0 radical (unpaired) electrons. The Hall–Kier alpha value is -2.52. The Morgan fingerprint density at radius 2 is 1.54 bits per heavy atom. The van der Waals surface area contributed by atoms with E-state index in [4.69, 9.17) is 5.73 Å². The van der Waals surface area contributed by atoms with E-state index in [-0.39, 0.29) is 11.9 Å². The van der Waals surface area contributed by atoms with Crippen LogP contribution < -0.4 is 10.6 Å². The summed E-state index contributed by atoms with van der Waals surface area (Å²) in [5, 5.41) is 0. The Morgan fingerprint density at radius 1 is 1.04 bits per heavy atom. The zero-order valence-electron chi connectivity index (χ0n) is 11.8. The quantitative estimate of drug-likeness (QED) is 0.832. The lowest BCUT2D eigenvalue weighted by Gasteiger charge is -2.41. The lowest BCUT2D eigenvalue weighted by atomic mass is 9.73. The average molecular weight is 352 g/mol. The number of primary amides is 1. The zero-order valence-corrected chi connectivity index (χ0v) is 11.8. The van der Waals surface area contributed by atoms with Gasteiger partial charge in [0, 0.05) is 11.9 Å². The molecule has 0 spiro atoms. The number of anilines is 1. The minimum atomic E-state index is -5.93. The van der Waals surface area contributed by atoms with Crippen molar-refractivity contribution in [1.29, 1.82) is 0 Å². The van der Waals surface area contributed by atoms with Crippen LogP contribution in [0.15, 0.2) is 42.1 Å². The number of carbonyl (C=O) groups excluding carboxylic acids is 2. The zero-order chi connectivity index (χ0) is 18.3. The molecule has 0 fully saturated rings. The number of halogens is 6. The van der Waals surface area contributed by atoms with Crippen LogP contribution in [0.1, 0.15) is 6.42 Å². The summed E-state index contributed by atoms with van der Waals surface area (Å²) in [6, 6.07) is 6.97. The van der Waals surface area contributed by atoms with Gasteiger partial charge in [0.2, 0.25) is 17.2 Å². The molecule has 1 heterocycles. The van der Waals surface area contributed by atoms with Crippen LogP contribution in [0.25, 0.3) is 0 Å². The van der Waals surface area contributed by atoms with Gasteiger partial charge in [-0.25, -0.2) is 0 Å². The van der Waals surface area contributed by atoms with E-state index in [9.17, 15) is 35.9 Å². The first-order chi connectivity index (χ1) is 10.9. The Morgan fingerprint density at radius 3 is 1.96 bits per heavy atom. The highest BCUT2D eigenvalue weighted by atomic mass is 19.4. The van der Waals surface area contributed by atoms with Gasteiger partial charge in [-0.05, 0) is 12.1 Å². The van der Waals surface area contributed by atoms with E-state index in [1.807, 2.05) is 0 Å². The maximum atomic E-state index is 13.3. The lowest BCUT2D eigenvalue weighted by molar-refractivity contribution is -0.325. The third kappa shape index (κ3) is 2.61. The van der Waals surface area contributed by atoms with Gasteiger partial charge in [0.15, 0.2) is 0 Å². The number of nitrogens with zero attached hydrogens (tertiary/aromatic N) is 1. The van der Waals surface area contributed by atoms with E-state index < -0.39 is 41.6 Å². The molecule has 0 aliphatic carbocycles. The molecule has 0 aromatic heterocycles. The molecule has 2 amide bonds. The molecule has 1 aromatic rings. The molecule has 10 heteroatoms. The van der Waals surface area contributed by atoms with Crippen molar-refractivity contribution in [2.45, 2.75) is 18.8 Å². The molecular formula is C14H10F6N2O2. The molecule has 0 atom stereocenters. The fourth-order valence-electron chi connectivity index (χ4n) is 2.47. The standard InChI is InChI=1S/C14H10F6N2O2/c15-13(16,17)12(14(18,19)20)6-10(23)22(7-9(12)11(21)24)8-4-2-1-3-5-8/h1-5,7H,6H2,(H2,21,24). The van der Waals surface area contributed by atoms with Crippen LogP contribution in [0.4, 0.5) is 32.0 Å². The molecule has 1 aliphatic heterocycles. The monoisotopic (exact) mass is 352 g/mol. The molecular weight excluding hydrogens is 342 g/mol. The van der Waals surface area contributed by atoms with Crippen molar-refractivity contribution in [2.75, 3.05) is 4.90 Å². The van der Waals surface area contributed by atoms with Gasteiger partial charge in [0.25, 0.3) is 0 Å². The molecule has 1 aliphatic rings. The molecule has 2 N–H and O–H groups in total. The highest BCUT2D eigenvalue weighted by molar-refractivity contribution is 6.04.